The van der Waals surface area contributed by atoms with Gasteiger partial charge in [-0.05, 0) is 56.6 Å². The van der Waals surface area contributed by atoms with Gasteiger partial charge in [-0.25, -0.2) is 0 Å². The Morgan fingerprint density at radius 3 is 2.76 bits per heavy atom. The van der Waals surface area contributed by atoms with Crippen LogP contribution >= 0.6 is 34.4 Å². The van der Waals surface area contributed by atoms with Gasteiger partial charge in [-0.1, -0.05) is 38.5 Å². The van der Waals surface area contributed by atoms with Crippen LogP contribution in [0.5, 0.6) is 0 Å². The summed E-state index contributed by atoms with van der Waals surface area (Å²) >= 11 is 4.74. The van der Waals surface area contributed by atoms with Crippen LogP contribution in [-0.2, 0) is 30.6 Å². The van der Waals surface area contributed by atoms with Crippen LogP contribution in [-0.4, -0.2) is 26.4 Å². The fourth-order valence-electron chi connectivity index (χ4n) is 4.54. The maximum absolute atomic E-state index is 12.9. The molecule has 3 aromatic rings. The summed E-state index contributed by atoms with van der Waals surface area (Å²) in [5.74, 6) is 1.01. The SMILES string of the molecule is CCCn1c(SCC(=O)Nc2sc3c(c2C#N)CCCCCC3)nnc1-c1csc(C)c1CC. The van der Waals surface area contributed by atoms with E-state index in [0.29, 0.717) is 10.6 Å². The lowest BCUT2D eigenvalue weighted by Gasteiger charge is -2.10. The smallest absolute Gasteiger partial charge is 0.235 e. The second-order valence-corrected chi connectivity index (χ2v) is 11.7. The summed E-state index contributed by atoms with van der Waals surface area (Å²) in [4.78, 5) is 15.4. The molecular formula is C25H31N5OS3. The summed E-state index contributed by atoms with van der Waals surface area (Å²) in [7, 11) is 0. The third-order valence-electron chi connectivity index (χ3n) is 6.23. The maximum atomic E-state index is 12.9. The first-order chi connectivity index (χ1) is 16.6. The van der Waals surface area contributed by atoms with E-state index < -0.39 is 0 Å². The molecular weight excluding hydrogens is 483 g/mol. The summed E-state index contributed by atoms with van der Waals surface area (Å²) in [6.45, 7) is 7.26. The molecule has 0 unspecified atom stereocenters. The van der Waals surface area contributed by atoms with Gasteiger partial charge in [0.15, 0.2) is 11.0 Å². The summed E-state index contributed by atoms with van der Waals surface area (Å²) < 4.78 is 2.14. The topological polar surface area (TPSA) is 83.6 Å². The molecule has 1 N–H and O–H groups in total. The van der Waals surface area contributed by atoms with Crippen molar-refractivity contribution in [1.82, 2.24) is 14.8 Å². The van der Waals surface area contributed by atoms with Crippen LogP contribution in [0.2, 0.25) is 0 Å². The maximum Gasteiger partial charge on any atom is 0.235 e. The van der Waals surface area contributed by atoms with Crippen molar-refractivity contribution < 1.29 is 4.79 Å². The van der Waals surface area contributed by atoms with E-state index in [2.05, 4.69) is 52.3 Å². The molecule has 0 saturated carbocycles. The Morgan fingerprint density at radius 1 is 1.24 bits per heavy atom. The molecule has 6 nitrogen and oxygen atoms in total. The number of thioether (sulfide) groups is 1. The van der Waals surface area contributed by atoms with E-state index in [1.165, 1.54) is 39.9 Å². The van der Waals surface area contributed by atoms with Gasteiger partial charge in [-0.2, -0.15) is 5.26 Å². The van der Waals surface area contributed by atoms with E-state index in [1.807, 2.05) is 0 Å². The second kappa shape index (κ2) is 11.5. The van der Waals surface area contributed by atoms with E-state index in [4.69, 9.17) is 0 Å². The number of nitrogens with zero attached hydrogens (tertiary/aromatic N) is 4. The van der Waals surface area contributed by atoms with Crippen molar-refractivity contribution in [2.75, 3.05) is 11.1 Å². The summed E-state index contributed by atoms with van der Waals surface area (Å²) in [5, 5.41) is 25.4. The predicted molar refractivity (Wildman–Crippen MR) is 142 cm³/mol. The highest BCUT2D eigenvalue weighted by Crippen LogP contribution is 2.37. The molecule has 0 radical (unpaired) electrons. The monoisotopic (exact) mass is 513 g/mol. The number of fused-ring (bicyclic) bond motifs is 1. The van der Waals surface area contributed by atoms with E-state index >= 15 is 0 Å². The number of amides is 1. The van der Waals surface area contributed by atoms with Crippen molar-refractivity contribution in [2.45, 2.75) is 83.8 Å². The molecule has 3 aromatic heterocycles. The zero-order chi connectivity index (χ0) is 24.1. The minimum atomic E-state index is -0.107. The number of rotatable bonds is 8. The Kier molecular flexibility index (Phi) is 8.46. The molecule has 1 aliphatic rings. The zero-order valence-corrected chi connectivity index (χ0v) is 22.5. The van der Waals surface area contributed by atoms with E-state index in [9.17, 15) is 10.1 Å². The minimum absolute atomic E-state index is 0.107. The van der Waals surface area contributed by atoms with E-state index in [1.54, 1.807) is 22.7 Å². The van der Waals surface area contributed by atoms with Gasteiger partial charge in [-0.15, -0.1) is 32.9 Å². The Labute approximate surface area is 213 Å². The Balaban J connectivity index is 1.49. The quantitative estimate of drug-likeness (QED) is 0.343. The predicted octanol–water partition coefficient (Wildman–Crippen LogP) is 6.61. The highest BCUT2D eigenvalue weighted by atomic mass is 32.2. The van der Waals surface area contributed by atoms with Gasteiger partial charge in [0.05, 0.1) is 11.3 Å². The van der Waals surface area contributed by atoms with Gasteiger partial charge in [-0.3, -0.25) is 4.79 Å². The highest BCUT2D eigenvalue weighted by Gasteiger charge is 2.22. The van der Waals surface area contributed by atoms with Crippen molar-refractivity contribution in [1.29, 1.82) is 5.26 Å². The van der Waals surface area contributed by atoms with Gasteiger partial charge in [0.2, 0.25) is 5.91 Å². The minimum Gasteiger partial charge on any atom is -0.316 e. The lowest BCUT2D eigenvalue weighted by Crippen LogP contribution is -2.14. The number of anilines is 1. The number of carbonyl (C=O) groups is 1. The molecule has 3 heterocycles. The number of nitriles is 1. The molecule has 0 spiro atoms. The Bertz CT molecular complexity index is 1200. The van der Waals surface area contributed by atoms with Crippen molar-refractivity contribution in [3.05, 3.63) is 31.8 Å². The van der Waals surface area contributed by atoms with Gasteiger partial charge in [0.25, 0.3) is 0 Å². The standard InChI is InChI=1S/C25H31N5OS3/c1-4-12-30-23(20-14-32-16(3)17(20)5-2)28-29-25(30)33-15-22(31)27-24-19(13-26)18-10-8-6-7-9-11-21(18)34-24/h14H,4-12,15H2,1-3H3,(H,27,31). The largest absolute Gasteiger partial charge is 0.316 e. The third-order valence-corrected chi connectivity index (χ3v) is 9.36. The summed E-state index contributed by atoms with van der Waals surface area (Å²) in [5.41, 5.74) is 4.29. The van der Waals surface area contributed by atoms with Crippen LogP contribution in [0.3, 0.4) is 0 Å². The number of aryl methyl sites for hydroxylation is 2. The summed E-state index contributed by atoms with van der Waals surface area (Å²) in [6.07, 6.45) is 8.57. The number of aromatic nitrogens is 3. The first-order valence-electron chi connectivity index (χ1n) is 12.0. The molecule has 0 aliphatic heterocycles. The van der Waals surface area contributed by atoms with Gasteiger partial charge >= 0.3 is 0 Å². The van der Waals surface area contributed by atoms with Crippen molar-refractivity contribution in [3.8, 4) is 17.5 Å². The van der Waals surface area contributed by atoms with Gasteiger partial charge in [0, 0.05) is 27.2 Å². The number of thiophene rings is 2. The van der Waals surface area contributed by atoms with Crippen LogP contribution in [0.15, 0.2) is 10.5 Å². The lowest BCUT2D eigenvalue weighted by molar-refractivity contribution is -0.113. The van der Waals surface area contributed by atoms with E-state index in [0.717, 1.165) is 67.2 Å². The summed E-state index contributed by atoms with van der Waals surface area (Å²) in [6, 6.07) is 2.35. The van der Waals surface area contributed by atoms with E-state index in [-0.39, 0.29) is 11.7 Å². The fourth-order valence-corrected chi connectivity index (χ4v) is 7.50. The van der Waals surface area contributed by atoms with Crippen molar-refractivity contribution >= 4 is 45.3 Å². The molecule has 0 atom stereocenters. The van der Waals surface area contributed by atoms with Crippen LogP contribution < -0.4 is 5.32 Å². The fraction of sp³-hybridized carbons (Fsp3) is 0.520. The molecule has 4 rings (SSSR count). The van der Waals surface area contributed by atoms with Crippen molar-refractivity contribution in [3.63, 3.8) is 0 Å². The zero-order valence-electron chi connectivity index (χ0n) is 20.1. The second-order valence-electron chi connectivity index (χ2n) is 8.57. The molecule has 0 bridgehead atoms. The molecule has 34 heavy (non-hydrogen) atoms. The molecule has 0 fully saturated rings. The highest BCUT2D eigenvalue weighted by molar-refractivity contribution is 7.99. The van der Waals surface area contributed by atoms with Gasteiger partial charge < -0.3 is 9.88 Å². The first-order valence-corrected chi connectivity index (χ1v) is 14.7. The molecule has 9 heteroatoms. The van der Waals surface area contributed by atoms with Crippen LogP contribution in [0.1, 0.15) is 72.4 Å². The first kappa shape index (κ1) is 25.0. The average Bonchev–Trinajstić information content (AvgIpc) is 3.47. The van der Waals surface area contributed by atoms with Crippen molar-refractivity contribution in [2.24, 2.45) is 0 Å². The van der Waals surface area contributed by atoms with Crippen LogP contribution in [0, 0.1) is 18.3 Å². The van der Waals surface area contributed by atoms with Gasteiger partial charge in [0.1, 0.15) is 11.1 Å². The molecule has 0 saturated heterocycles. The number of hydrogen-bond acceptors (Lipinski definition) is 7. The van der Waals surface area contributed by atoms with Crippen LogP contribution in [0.25, 0.3) is 11.4 Å². The average molecular weight is 514 g/mol. The molecule has 180 valence electrons. The molecule has 1 amide bonds. The van der Waals surface area contributed by atoms with Crippen LogP contribution in [0.4, 0.5) is 5.00 Å². The number of nitrogens with one attached hydrogen (secondary N) is 1. The number of carbonyl (C=O) groups excluding carboxylic acids is 1. The molecule has 0 aromatic carbocycles. The Morgan fingerprint density at radius 2 is 2.03 bits per heavy atom. The Hall–Kier alpha value is -2.15. The molecule has 1 aliphatic carbocycles. The lowest BCUT2D eigenvalue weighted by atomic mass is 9.97. The third kappa shape index (κ3) is 5.24. The number of hydrogen-bond donors (Lipinski definition) is 1. The normalized spacial score (nSPS) is 13.7.